The number of thiol groups is 1. The molecule has 0 aliphatic carbocycles. The minimum Gasteiger partial charge on any atom is -0.481 e. The van der Waals surface area contributed by atoms with E-state index in [0.717, 1.165) is 0 Å². The fraction of sp³-hybridized carbons (Fsp3) is 0.579. The maximum Gasteiger partial charge on any atom is 0.326 e. The standard InChI is InChI=1S/C19H30N6O7S/c1-9(2)3-13(19(31)32)24-18(30)14(7-33)25-17(29)12(5-15(26)27)23-16(28)11(20)4-10-6-21-8-22-10/h6,8-9,11-14,33H,3-5,7,20H2,1-2H3,(H,21,22)(H,23,28)(H,24,30)(H,25,29)(H,26,27)(H,31,32). The molecule has 33 heavy (non-hydrogen) atoms. The average molecular weight is 487 g/mol. The Kier molecular flexibility index (Phi) is 11.4. The number of amides is 3. The first-order valence-electron chi connectivity index (χ1n) is 10.1. The Morgan fingerprint density at radius 1 is 1.03 bits per heavy atom. The molecule has 3 amide bonds. The molecule has 0 fully saturated rings. The van der Waals surface area contributed by atoms with Crippen LogP contribution in [0.15, 0.2) is 12.5 Å². The molecule has 1 aromatic heterocycles. The lowest BCUT2D eigenvalue weighted by molar-refractivity contribution is -0.143. The molecule has 8 N–H and O–H groups in total. The summed E-state index contributed by atoms with van der Waals surface area (Å²) >= 11 is 4.01. The Balaban J connectivity index is 2.83. The van der Waals surface area contributed by atoms with E-state index in [-0.39, 0.29) is 24.5 Å². The number of carboxylic acid groups (broad SMARTS) is 2. The van der Waals surface area contributed by atoms with E-state index in [1.807, 2.05) is 0 Å². The summed E-state index contributed by atoms with van der Waals surface area (Å²) in [6.45, 7) is 3.58. The zero-order valence-corrected chi connectivity index (χ0v) is 19.2. The summed E-state index contributed by atoms with van der Waals surface area (Å²) < 4.78 is 0. The van der Waals surface area contributed by atoms with Crippen molar-refractivity contribution in [3.8, 4) is 0 Å². The Morgan fingerprint density at radius 3 is 2.09 bits per heavy atom. The van der Waals surface area contributed by atoms with E-state index in [1.54, 1.807) is 13.8 Å². The van der Waals surface area contributed by atoms with Crippen LogP contribution in [0.2, 0.25) is 0 Å². The predicted octanol–water partition coefficient (Wildman–Crippen LogP) is -1.73. The van der Waals surface area contributed by atoms with Crippen LogP contribution >= 0.6 is 12.6 Å². The highest BCUT2D eigenvalue weighted by Gasteiger charge is 2.31. The van der Waals surface area contributed by atoms with E-state index in [4.69, 9.17) is 10.8 Å². The van der Waals surface area contributed by atoms with Crippen LogP contribution in [-0.2, 0) is 30.4 Å². The Bertz CT molecular complexity index is 833. The van der Waals surface area contributed by atoms with Crippen molar-refractivity contribution in [2.75, 3.05) is 5.75 Å². The van der Waals surface area contributed by atoms with Crippen molar-refractivity contribution in [2.45, 2.75) is 57.3 Å². The molecule has 0 bridgehead atoms. The number of imidazole rings is 1. The minimum absolute atomic E-state index is 0.0171. The van der Waals surface area contributed by atoms with Crippen molar-refractivity contribution in [2.24, 2.45) is 11.7 Å². The van der Waals surface area contributed by atoms with Gasteiger partial charge in [-0.2, -0.15) is 12.6 Å². The number of nitrogens with one attached hydrogen (secondary N) is 4. The van der Waals surface area contributed by atoms with E-state index in [2.05, 4.69) is 38.5 Å². The molecule has 0 saturated carbocycles. The number of hydrogen-bond acceptors (Lipinski definition) is 8. The topological polar surface area (TPSA) is 217 Å². The van der Waals surface area contributed by atoms with Gasteiger partial charge in [0.05, 0.1) is 18.8 Å². The molecule has 0 aliphatic rings. The maximum absolute atomic E-state index is 12.6. The number of hydrogen-bond donors (Lipinski definition) is 8. The second-order valence-electron chi connectivity index (χ2n) is 7.82. The molecule has 13 nitrogen and oxygen atoms in total. The highest BCUT2D eigenvalue weighted by molar-refractivity contribution is 7.80. The quantitative estimate of drug-likeness (QED) is 0.140. The maximum atomic E-state index is 12.6. The van der Waals surface area contributed by atoms with E-state index < -0.39 is 60.2 Å². The van der Waals surface area contributed by atoms with E-state index >= 15 is 0 Å². The van der Waals surface area contributed by atoms with Crippen LogP contribution in [0.5, 0.6) is 0 Å². The number of carbonyl (C=O) groups excluding carboxylic acids is 3. The predicted molar refractivity (Wildman–Crippen MR) is 119 cm³/mol. The lowest BCUT2D eigenvalue weighted by Gasteiger charge is -2.24. The van der Waals surface area contributed by atoms with Gasteiger partial charge in [-0.1, -0.05) is 13.8 Å². The molecular formula is C19H30N6O7S. The van der Waals surface area contributed by atoms with Gasteiger partial charge in [-0.15, -0.1) is 0 Å². The first kappa shape index (κ1) is 27.9. The van der Waals surface area contributed by atoms with Gasteiger partial charge in [-0.3, -0.25) is 19.2 Å². The number of carbonyl (C=O) groups is 5. The summed E-state index contributed by atoms with van der Waals surface area (Å²) in [5, 5.41) is 25.3. The van der Waals surface area contributed by atoms with Gasteiger partial charge in [0.15, 0.2) is 0 Å². The van der Waals surface area contributed by atoms with E-state index in [0.29, 0.717) is 5.69 Å². The molecule has 0 aromatic carbocycles. The average Bonchev–Trinajstić information content (AvgIpc) is 3.22. The molecule has 0 aliphatic heterocycles. The highest BCUT2D eigenvalue weighted by Crippen LogP contribution is 2.06. The molecule has 184 valence electrons. The lowest BCUT2D eigenvalue weighted by atomic mass is 10.0. The van der Waals surface area contributed by atoms with Crippen molar-refractivity contribution in [1.82, 2.24) is 25.9 Å². The number of aromatic amines is 1. The number of aliphatic carboxylic acids is 2. The number of rotatable bonds is 14. The van der Waals surface area contributed by atoms with Crippen LogP contribution in [0.4, 0.5) is 0 Å². The van der Waals surface area contributed by atoms with Gasteiger partial charge in [0.1, 0.15) is 18.1 Å². The third kappa shape index (κ3) is 9.91. The van der Waals surface area contributed by atoms with Crippen LogP contribution in [0, 0.1) is 5.92 Å². The van der Waals surface area contributed by atoms with Crippen LogP contribution in [0.25, 0.3) is 0 Å². The summed E-state index contributed by atoms with van der Waals surface area (Å²) in [5.74, 6) is -5.35. The molecule has 4 unspecified atom stereocenters. The van der Waals surface area contributed by atoms with Gasteiger partial charge < -0.3 is 36.9 Å². The monoisotopic (exact) mass is 486 g/mol. The molecule has 1 rings (SSSR count). The van der Waals surface area contributed by atoms with Crippen molar-refractivity contribution in [3.63, 3.8) is 0 Å². The third-order valence-electron chi connectivity index (χ3n) is 4.48. The summed E-state index contributed by atoms with van der Waals surface area (Å²) in [6.07, 6.45) is 2.34. The summed E-state index contributed by atoms with van der Waals surface area (Å²) in [6, 6.07) is -5.05. The van der Waals surface area contributed by atoms with Crippen LogP contribution < -0.4 is 21.7 Å². The smallest absolute Gasteiger partial charge is 0.326 e. The number of H-pyrrole nitrogens is 1. The Morgan fingerprint density at radius 2 is 1.61 bits per heavy atom. The van der Waals surface area contributed by atoms with Crippen LogP contribution in [0.1, 0.15) is 32.4 Å². The molecule has 0 radical (unpaired) electrons. The zero-order valence-electron chi connectivity index (χ0n) is 18.3. The van der Waals surface area contributed by atoms with Crippen LogP contribution in [-0.4, -0.2) is 79.8 Å². The number of carboxylic acids is 2. The largest absolute Gasteiger partial charge is 0.481 e. The summed E-state index contributed by atoms with van der Waals surface area (Å²) in [7, 11) is 0. The van der Waals surface area contributed by atoms with E-state index in [9.17, 15) is 29.1 Å². The molecular weight excluding hydrogens is 456 g/mol. The van der Waals surface area contributed by atoms with Gasteiger partial charge in [0.2, 0.25) is 17.7 Å². The molecule has 1 aromatic rings. The first-order valence-corrected chi connectivity index (χ1v) is 10.8. The molecule has 4 atom stereocenters. The Labute approximate surface area is 195 Å². The summed E-state index contributed by atoms with van der Waals surface area (Å²) in [4.78, 5) is 66.7. The normalized spacial score (nSPS) is 14.6. The minimum atomic E-state index is -1.52. The number of nitrogens with two attached hydrogens (primary N) is 1. The lowest BCUT2D eigenvalue weighted by Crippen LogP contribution is -2.58. The third-order valence-corrected chi connectivity index (χ3v) is 4.85. The number of nitrogens with zero attached hydrogens (tertiary/aromatic N) is 1. The SMILES string of the molecule is CC(C)CC(NC(=O)C(CS)NC(=O)C(CC(=O)O)NC(=O)C(N)Cc1cnc[nH]1)C(=O)O. The zero-order chi connectivity index (χ0) is 25.1. The molecule has 0 spiro atoms. The molecule has 0 saturated heterocycles. The number of aromatic nitrogens is 2. The van der Waals surface area contributed by atoms with Crippen molar-refractivity contribution < 1.29 is 34.2 Å². The highest BCUT2D eigenvalue weighted by atomic mass is 32.1. The second kappa shape index (κ2) is 13.4. The summed E-state index contributed by atoms with van der Waals surface area (Å²) in [5.41, 5.74) is 6.38. The molecule has 1 heterocycles. The van der Waals surface area contributed by atoms with Gasteiger partial charge in [-0.25, -0.2) is 9.78 Å². The van der Waals surface area contributed by atoms with Crippen LogP contribution in [0.3, 0.4) is 0 Å². The van der Waals surface area contributed by atoms with Gasteiger partial charge >= 0.3 is 11.9 Å². The fourth-order valence-corrected chi connectivity index (χ4v) is 3.08. The molecule has 14 heteroatoms. The second-order valence-corrected chi connectivity index (χ2v) is 8.18. The fourth-order valence-electron chi connectivity index (χ4n) is 2.82. The van der Waals surface area contributed by atoms with Crippen molar-refractivity contribution in [3.05, 3.63) is 18.2 Å². The Hall–Kier alpha value is -3.13. The van der Waals surface area contributed by atoms with Gasteiger partial charge in [0.25, 0.3) is 0 Å². The van der Waals surface area contributed by atoms with Crippen molar-refractivity contribution in [1.29, 1.82) is 0 Å². The van der Waals surface area contributed by atoms with E-state index in [1.165, 1.54) is 12.5 Å². The van der Waals surface area contributed by atoms with Gasteiger partial charge in [-0.05, 0) is 12.3 Å². The van der Waals surface area contributed by atoms with Gasteiger partial charge in [0, 0.05) is 24.1 Å². The van der Waals surface area contributed by atoms with Crippen molar-refractivity contribution >= 4 is 42.3 Å². The first-order chi connectivity index (χ1) is 15.4.